The van der Waals surface area contributed by atoms with Gasteiger partial charge in [0.05, 0.1) is 19.9 Å². The van der Waals surface area contributed by atoms with Crippen molar-refractivity contribution in [1.29, 1.82) is 0 Å². The molecule has 0 fully saturated rings. The van der Waals surface area contributed by atoms with Gasteiger partial charge in [-0.25, -0.2) is 13.4 Å². The van der Waals surface area contributed by atoms with E-state index in [4.69, 9.17) is 9.47 Å². The summed E-state index contributed by atoms with van der Waals surface area (Å²) < 4.78 is 34.0. The van der Waals surface area contributed by atoms with E-state index in [1.54, 1.807) is 14.2 Å². The van der Waals surface area contributed by atoms with Gasteiger partial charge in [-0.15, -0.1) is 0 Å². The van der Waals surface area contributed by atoms with E-state index in [0.29, 0.717) is 48.8 Å². The normalized spacial score (nSPS) is 14.7. The van der Waals surface area contributed by atoms with Gasteiger partial charge in [-0.1, -0.05) is 6.07 Å². The van der Waals surface area contributed by atoms with Crippen LogP contribution in [0, 0.1) is 0 Å². The Hall–Kier alpha value is -2.39. The molecule has 1 aromatic heterocycles. The summed E-state index contributed by atoms with van der Waals surface area (Å²) in [5.74, 6) is 1.31. The Morgan fingerprint density at radius 3 is 2.62 bits per heavy atom. The van der Waals surface area contributed by atoms with Crippen molar-refractivity contribution >= 4 is 9.84 Å². The quantitative estimate of drug-likeness (QED) is 0.765. The molecule has 26 heavy (non-hydrogen) atoms. The Morgan fingerprint density at radius 1 is 1.23 bits per heavy atom. The van der Waals surface area contributed by atoms with E-state index in [-0.39, 0.29) is 10.7 Å². The molecule has 2 aromatic rings. The maximum absolute atomic E-state index is 12.1. The second-order valence-corrected chi connectivity index (χ2v) is 8.15. The minimum Gasteiger partial charge on any atom is -0.493 e. The van der Waals surface area contributed by atoms with Crippen molar-refractivity contribution in [3.63, 3.8) is 0 Å². The van der Waals surface area contributed by atoms with Gasteiger partial charge in [0, 0.05) is 31.5 Å². The molecule has 0 saturated heterocycles. The van der Waals surface area contributed by atoms with Crippen molar-refractivity contribution in [3.8, 4) is 11.5 Å². The maximum atomic E-state index is 12.1. The number of ether oxygens (including phenoxy) is 2. The topological polar surface area (TPSA) is 102 Å². The zero-order valence-corrected chi connectivity index (χ0v) is 15.7. The van der Waals surface area contributed by atoms with Crippen LogP contribution in [0.3, 0.4) is 0 Å². The van der Waals surface area contributed by atoms with Crippen molar-refractivity contribution in [2.24, 2.45) is 0 Å². The Labute approximate surface area is 151 Å². The fourth-order valence-electron chi connectivity index (χ4n) is 3.02. The second-order valence-electron chi connectivity index (χ2n) is 6.22. The lowest BCUT2D eigenvalue weighted by Gasteiger charge is -2.27. The fraction of sp³-hybridized carbons (Fsp3) is 0.412. The third-order valence-corrected chi connectivity index (χ3v) is 5.23. The molecule has 3 rings (SSSR count). The summed E-state index contributed by atoms with van der Waals surface area (Å²) in [6, 6.07) is 5.70. The molecule has 0 bridgehead atoms. The van der Waals surface area contributed by atoms with Crippen LogP contribution in [-0.4, -0.2) is 50.3 Å². The summed E-state index contributed by atoms with van der Waals surface area (Å²) in [5.41, 5.74) is 1.72. The number of rotatable bonds is 5. The average molecular weight is 379 g/mol. The molecule has 0 amide bonds. The van der Waals surface area contributed by atoms with Gasteiger partial charge < -0.3 is 9.47 Å². The van der Waals surface area contributed by atoms with E-state index < -0.39 is 9.84 Å². The van der Waals surface area contributed by atoms with Gasteiger partial charge in [0.2, 0.25) is 15.0 Å². The molecule has 0 radical (unpaired) electrons. The Balaban J connectivity index is 1.84. The largest absolute Gasteiger partial charge is 0.493 e. The molecule has 1 aliphatic heterocycles. The molecule has 9 heteroatoms. The summed E-state index contributed by atoms with van der Waals surface area (Å²) in [5, 5.41) is -0.283. The Bertz CT molecular complexity index is 984. The number of benzene rings is 1. The Morgan fingerprint density at radius 2 is 1.96 bits per heavy atom. The molecular formula is C17H21N3O5S. The molecule has 1 aliphatic rings. The van der Waals surface area contributed by atoms with E-state index in [1.807, 2.05) is 18.2 Å². The molecule has 0 spiro atoms. The van der Waals surface area contributed by atoms with E-state index in [2.05, 4.69) is 14.9 Å². The molecular weight excluding hydrogens is 358 g/mol. The highest BCUT2D eigenvalue weighted by Gasteiger charge is 2.23. The van der Waals surface area contributed by atoms with Gasteiger partial charge in [0.15, 0.2) is 11.5 Å². The monoisotopic (exact) mass is 379 g/mol. The predicted molar refractivity (Wildman–Crippen MR) is 95.3 cm³/mol. The van der Waals surface area contributed by atoms with Crippen molar-refractivity contribution in [3.05, 3.63) is 45.4 Å². The summed E-state index contributed by atoms with van der Waals surface area (Å²) in [4.78, 5) is 20.8. The highest BCUT2D eigenvalue weighted by atomic mass is 32.2. The summed E-state index contributed by atoms with van der Waals surface area (Å²) >= 11 is 0. The molecule has 0 atom stereocenters. The van der Waals surface area contributed by atoms with E-state index >= 15 is 0 Å². The summed E-state index contributed by atoms with van der Waals surface area (Å²) in [6.07, 6.45) is 1.55. The van der Waals surface area contributed by atoms with Crippen molar-refractivity contribution in [2.75, 3.05) is 27.0 Å². The smallest absolute Gasteiger partial charge is 0.255 e. The van der Waals surface area contributed by atoms with Crippen LogP contribution in [0.4, 0.5) is 0 Å². The minimum atomic E-state index is -3.57. The highest BCUT2D eigenvalue weighted by molar-refractivity contribution is 7.90. The number of aromatic amines is 1. The number of sulfone groups is 1. The predicted octanol–water partition coefficient (Wildman–Crippen LogP) is 0.749. The van der Waals surface area contributed by atoms with Gasteiger partial charge >= 0.3 is 0 Å². The van der Waals surface area contributed by atoms with Crippen molar-refractivity contribution in [1.82, 2.24) is 14.9 Å². The fourth-order valence-corrected chi connectivity index (χ4v) is 3.57. The molecule has 140 valence electrons. The van der Waals surface area contributed by atoms with Crippen LogP contribution in [0.2, 0.25) is 0 Å². The van der Waals surface area contributed by atoms with Crippen LogP contribution < -0.4 is 15.0 Å². The van der Waals surface area contributed by atoms with Crippen LogP contribution in [-0.2, 0) is 29.3 Å². The molecule has 8 nitrogen and oxygen atoms in total. The zero-order valence-electron chi connectivity index (χ0n) is 14.9. The SMILES string of the molecule is COc1ccc(CN2CCc3c(nc(S(C)(=O)=O)[nH]c3=O)C2)cc1OC. The van der Waals surface area contributed by atoms with Crippen molar-refractivity contribution < 1.29 is 17.9 Å². The van der Waals surface area contributed by atoms with E-state index in [9.17, 15) is 13.2 Å². The third kappa shape index (κ3) is 3.73. The Kier molecular flexibility index (Phi) is 5.01. The first-order valence-corrected chi connectivity index (χ1v) is 9.96. The van der Waals surface area contributed by atoms with Crippen LogP contribution in [0.1, 0.15) is 16.8 Å². The average Bonchev–Trinajstić information content (AvgIpc) is 2.60. The number of hydrogen-bond acceptors (Lipinski definition) is 7. The first kappa shape index (κ1) is 18.4. The number of nitrogens with one attached hydrogen (secondary N) is 1. The molecule has 1 aromatic carbocycles. The lowest BCUT2D eigenvalue weighted by molar-refractivity contribution is 0.238. The first-order chi connectivity index (χ1) is 12.3. The lowest BCUT2D eigenvalue weighted by Crippen LogP contribution is -2.35. The van der Waals surface area contributed by atoms with Crippen molar-refractivity contribution in [2.45, 2.75) is 24.7 Å². The van der Waals surface area contributed by atoms with Gasteiger partial charge in [-0.3, -0.25) is 14.7 Å². The van der Waals surface area contributed by atoms with E-state index in [1.165, 1.54) is 0 Å². The molecule has 0 unspecified atom stereocenters. The van der Waals surface area contributed by atoms with Crippen LogP contribution in [0.15, 0.2) is 28.2 Å². The van der Waals surface area contributed by atoms with Crippen LogP contribution >= 0.6 is 0 Å². The molecule has 1 N–H and O–H groups in total. The van der Waals surface area contributed by atoms with Gasteiger partial charge in [-0.2, -0.15) is 0 Å². The number of fused-ring (bicyclic) bond motifs is 1. The molecule has 0 saturated carbocycles. The van der Waals surface area contributed by atoms with E-state index in [0.717, 1.165) is 11.8 Å². The number of hydrogen-bond donors (Lipinski definition) is 1. The number of H-pyrrole nitrogens is 1. The summed E-state index contributed by atoms with van der Waals surface area (Å²) in [7, 11) is -0.398. The molecule has 0 aliphatic carbocycles. The third-order valence-electron chi connectivity index (χ3n) is 4.34. The van der Waals surface area contributed by atoms with Gasteiger partial charge in [-0.05, 0) is 24.1 Å². The standard InChI is InChI=1S/C17H21N3O5S/c1-24-14-5-4-11(8-15(14)25-2)9-20-7-6-12-13(10-20)18-17(19-16(12)21)26(3,22)23/h4-5,8H,6-7,9-10H2,1-3H3,(H,18,19,21). The zero-order chi connectivity index (χ0) is 18.9. The minimum absolute atomic E-state index is 0.283. The highest BCUT2D eigenvalue weighted by Crippen LogP contribution is 2.28. The number of nitrogens with zero attached hydrogens (tertiary/aromatic N) is 2. The number of aromatic nitrogens is 2. The van der Waals surface area contributed by atoms with Crippen LogP contribution in [0.25, 0.3) is 0 Å². The van der Waals surface area contributed by atoms with Gasteiger partial charge in [0.25, 0.3) is 5.56 Å². The number of methoxy groups -OCH3 is 2. The first-order valence-electron chi connectivity index (χ1n) is 8.07. The van der Waals surface area contributed by atoms with Gasteiger partial charge in [0.1, 0.15) is 0 Å². The second kappa shape index (κ2) is 7.08. The summed E-state index contributed by atoms with van der Waals surface area (Å²) in [6.45, 7) is 1.73. The lowest BCUT2D eigenvalue weighted by atomic mass is 10.1. The maximum Gasteiger partial charge on any atom is 0.255 e. The molecule has 2 heterocycles. The van der Waals surface area contributed by atoms with Crippen LogP contribution in [0.5, 0.6) is 11.5 Å².